The largest absolute Gasteiger partial charge is 0.496 e. The highest BCUT2D eigenvalue weighted by Crippen LogP contribution is 2.21. The summed E-state index contributed by atoms with van der Waals surface area (Å²) in [6.45, 7) is 2.14. The molecular weight excluding hydrogens is 314 g/mol. The van der Waals surface area contributed by atoms with Gasteiger partial charge < -0.3 is 14.8 Å². The number of benzene rings is 3. The Labute approximate surface area is 147 Å². The molecule has 0 radical (unpaired) electrons. The number of fused-ring (bicyclic) bond motifs is 1. The van der Waals surface area contributed by atoms with Crippen molar-refractivity contribution >= 4 is 16.7 Å². The molecule has 128 valence electrons. The molecule has 4 heteroatoms. The summed E-state index contributed by atoms with van der Waals surface area (Å²) in [6, 6.07) is 21.5. The molecule has 0 aliphatic carbocycles. The fourth-order valence-electron chi connectivity index (χ4n) is 2.67. The molecule has 0 aliphatic rings. The maximum absolute atomic E-state index is 12.3. The molecule has 0 fully saturated rings. The molecular formula is C21H21NO3. The molecule has 1 unspecified atom stereocenters. The fourth-order valence-corrected chi connectivity index (χ4v) is 2.67. The van der Waals surface area contributed by atoms with Gasteiger partial charge in [-0.25, -0.2) is 0 Å². The van der Waals surface area contributed by atoms with E-state index in [-0.39, 0.29) is 5.91 Å². The number of carbonyl (C=O) groups is 1. The van der Waals surface area contributed by atoms with Gasteiger partial charge >= 0.3 is 0 Å². The number of hydrogen-bond acceptors (Lipinski definition) is 3. The number of nitrogens with one attached hydrogen (secondary N) is 1. The smallest absolute Gasteiger partial charge is 0.261 e. The molecule has 1 amide bonds. The summed E-state index contributed by atoms with van der Waals surface area (Å²) in [5, 5.41) is 5.11. The lowest BCUT2D eigenvalue weighted by molar-refractivity contribution is -0.127. The van der Waals surface area contributed by atoms with E-state index in [4.69, 9.17) is 9.47 Å². The van der Waals surface area contributed by atoms with Crippen molar-refractivity contribution < 1.29 is 14.3 Å². The van der Waals surface area contributed by atoms with Crippen LogP contribution in [0.5, 0.6) is 11.5 Å². The third kappa shape index (κ3) is 4.10. The summed E-state index contributed by atoms with van der Waals surface area (Å²) in [4.78, 5) is 12.3. The van der Waals surface area contributed by atoms with Crippen LogP contribution in [-0.4, -0.2) is 19.1 Å². The van der Waals surface area contributed by atoms with E-state index in [1.54, 1.807) is 14.0 Å². The normalized spacial score (nSPS) is 11.8. The lowest BCUT2D eigenvalue weighted by Gasteiger charge is -2.16. The first-order chi connectivity index (χ1) is 12.2. The standard InChI is InChI=1S/C21H21NO3/c1-15(21(23)22-14-18-9-5-6-10-20(18)24-2)25-19-12-11-16-7-3-4-8-17(16)13-19/h3-13,15H,14H2,1-2H3,(H,22,23). The summed E-state index contributed by atoms with van der Waals surface area (Å²) >= 11 is 0. The van der Waals surface area contributed by atoms with Crippen molar-refractivity contribution in [1.29, 1.82) is 0 Å². The Balaban J connectivity index is 1.61. The number of rotatable bonds is 6. The van der Waals surface area contributed by atoms with Gasteiger partial charge in [0.15, 0.2) is 6.10 Å². The summed E-state index contributed by atoms with van der Waals surface area (Å²) in [7, 11) is 1.62. The summed E-state index contributed by atoms with van der Waals surface area (Å²) in [5.74, 6) is 1.27. The van der Waals surface area contributed by atoms with Crippen LogP contribution in [0, 0.1) is 0 Å². The van der Waals surface area contributed by atoms with E-state index in [0.29, 0.717) is 12.3 Å². The van der Waals surface area contributed by atoms with Crippen LogP contribution in [0.4, 0.5) is 0 Å². The van der Waals surface area contributed by atoms with E-state index in [1.807, 2.05) is 66.7 Å². The molecule has 3 aromatic carbocycles. The maximum atomic E-state index is 12.3. The van der Waals surface area contributed by atoms with E-state index in [2.05, 4.69) is 5.32 Å². The first kappa shape index (κ1) is 16.8. The second-order valence-electron chi connectivity index (χ2n) is 5.80. The highest BCUT2D eigenvalue weighted by molar-refractivity contribution is 5.84. The second-order valence-corrected chi connectivity index (χ2v) is 5.80. The molecule has 4 nitrogen and oxygen atoms in total. The molecule has 0 aliphatic heterocycles. The number of para-hydroxylation sites is 1. The predicted molar refractivity (Wildman–Crippen MR) is 98.9 cm³/mol. The van der Waals surface area contributed by atoms with Crippen molar-refractivity contribution in [3.63, 3.8) is 0 Å². The Bertz CT molecular complexity index is 876. The van der Waals surface area contributed by atoms with Crippen molar-refractivity contribution in [2.75, 3.05) is 7.11 Å². The molecule has 3 aromatic rings. The molecule has 0 saturated heterocycles. The lowest BCUT2D eigenvalue weighted by Crippen LogP contribution is -2.35. The SMILES string of the molecule is COc1ccccc1CNC(=O)C(C)Oc1ccc2ccccc2c1. The van der Waals surface area contributed by atoms with Crippen LogP contribution >= 0.6 is 0 Å². The Kier molecular flexibility index (Phi) is 5.19. The molecule has 25 heavy (non-hydrogen) atoms. The minimum atomic E-state index is -0.587. The third-order valence-electron chi connectivity index (χ3n) is 4.05. The van der Waals surface area contributed by atoms with Gasteiger partial charge in [0.1, 0.15) is 11.5 Å². The molecule has 0 aromatic heterocycles. The van der Waals surface area contributed by atoms with Gasteiger partial charge in [0.25, 0.3) is 5.91 Å². The number of hydrogen-bond donors (Lipinski definition) is 1. The van der Waals surface area contributed by atoms with E-state index in [0.717, 1.165) is 22.1 Å². The monoisotopic (exact) mass is 335 g/mol. The molecule has 0 saturated carbocycles. The quantitative estimate of drug-likeness (QED) is 0.742. The van der Waals surface area contributed by atoms with Crippen LogP contribution in [0.1, 0.15) is 12.5 Å². The van der Waals surface area contributed by atoms with Gasteiger partial charge in [-0.1, -0.05) is 48.5 Å². The fraction of sp³-hybridized carbons (Fsp3) is 0.190. The molecule has 0 spiro atoms. The molecule has 1 atom stereocenters. The molecule has 0 bridgehead atoms. The van der Waals surface area contributed by atoms with Crippen molar-refractivity contribution in [2.24, 2.45) is 0 Å². The number of ether oxygens (including phenoxy) is 2. The van der Waals surface area contributed by atoms with Crippen LogP contribution in [-0.2, 0) is 11.3 Å². The lowest BCUT2D eigenvalue weighted by atomic mass is 10.1. The predicted octanol–water partition coefficient (Wildman–Crippen LogP) is 3.93. The van der Waals surface area contributed by atoms with Crippen LogP contribution in [0.15, 0.2) is 66.7 Å². The number of amides is 1. The summed E-state index contributed by atoms with van der Waals surface area (Å²) in [6.07, 6.45) is -0.587. The van der Waals surface area contributed by atoms with Crippen LogP contribution in [0.2, 0.25) is 0 Å². The van der Waals surface area contributed by atoms with Crippen LogP contribution in [0.25, 0.3) is 10.8 Å². The summed E-state index contributed by atoms with van der Waals surface area (Å²) < 4.78 is 11.1. The third-order valence-corrected chi connectivity index (χ3v) is 4.05. The van der Waals surface area contributed by atoms with Gasteiger partial charge in [-0.15, -0.1) is 0 Å². The van der Waals surface area contributed by atoms with E-state index in [1.165, 1.54) is 0 Å². The number of carbonyl (C=O) groups excluding carboxylic acids is 1. The van der Waals surface area contributed by atoms with Gasteiger partial charge in [-0.2, -0.15) is 0 Å². The average molecular weight is 335 g/mol. The van der Waals surface area contributed by atoms with Gasteiger partial charge in [-0.3, -0.25) is 4.79 Å². The first-order valence-corrected chi connectivity index (χ1v) is 8.22. The van der Waals surface area contributed by atoms with Crippen LogP contribution in [0.3, 0.4) is 0 Å². The highest BCUT2D eigenvalue weighted by atomic mass is 16.5. The minimum absolute atomic E-state index is 0.168. The zero-order chi connectivity index (χ0) is 17.6. The van der Waals surface area contributed by atoms with Gasteiger partial charge in [0, 0.05) is 12.1 Å². The first-order valence-electron chi connectivity index (χ1n) is 8.22. The Morgan fingerprint density at radius 1 is 1.00 bits per heavy atom. The van der Waals surface area contributed by atoms with Crippen LogP contribution < -0.4 is 14.8 Å². The number of methoxy groups -OCH3 is 1. The van der Waals surface area contributed by atoms with E-state index in [9.17, 15) is 4.79 Å². The minimum Gasteiger partial charge on any atom is -0.496 e. The molecule has 3 rings (SSSR count). The second kappa shape index (κ2) is 7.71. The Morgan fingerprint density at radius 3 is 2.52 bits per heavy atom. The van der Waals surface area contributed by atoms with Crippen molar-refractivity contribution in [3.8, 4) is 11.5 Å². The zero-order valence-electron chi connectivity index (χ0n) is 14.4. The van der Waals surface area contributed by atoms with Crippen molar-refractivity contribution in [3.05, 3.63) is 72.3 Å². The Hall–Kier alpha value is -3.01. The van der Waals surface area contributed by atoms with Crippen molar-refractivity contribution in [2.45, 2.75) is 19.6 Å². The Morgan fingerprint density at radius 2 is 1.72 bits per heavy atom. The van der Waals surface area contributed by atoms with Gasteiger partial charge in [-0.05, 0) is 35.9 Å². The summed E-state index contributed by atoms with van der Waals surface area (Å²) in [5.41, 5.74) is 0.927. The van der Waals surface area contributed by atoms with E-state index < -0.39 is 6.10 Å². The van der Waals surface area contributed by atoms with Gasteiger partial charge in [0.2, 0.25) is 0 Å². The van der Waals surface area contributed by atoms with Gasteiger partial charge in [0.05, 0.1) is 7.11 Å². The molecule has 1 N–H and O–H groups in total. The maximum Gasteiger partial charge on any atom is 0.261 e. The van der Waals surface area contributed by atoms with E-state index >= 15 is 0 Å². The average Bonchev–Trinajstić information content (AvgIpc) is 2.66. The highest BCUT2D eigenvalue weighted by Gasteiger charge is 2.15. The topological polar surface area (TPSA) is 47.6 Å². The zero-order valence-corrected chi connectivity index (χ0v) is 14.4. The van der Waals surface area contributed by atoms with Crippen molar-refractivity contribution in [1.82, 2.24) is 5.32 Å². The molecule has 0 heterocycles.